The predicted octanol–water partition coefficient (Wildman–Crippen LogP) is 4.12. The maximum absolute atomic E-state index is 12.2. The molecular weight excluding hydrogens is 332 g/mol. The number of fused-ring (bicyclic) bond motifs is 1. The summed E-state index contributed by atoms with van der Waals surface area (Å²) in [7, 11) is 0. The van der Waals surface area contributed by atoms with E-state index in [9.17, 15) is 4.79 Å². The smallest absolute Gasteiger partial charge is 0.254 e. The van der Waals surface area contributed by atoms with Gasteiger partial charge in [0.2, 0.25) is 0 Å². The van der Waals surface area contributed by atoms with Gasteiger partial charge < -0.3 is 0 Å². The van der Waals surface area contributed by atoms with Crippen LogP contribution in [0.2, 0.25) is 5.02 Å². The van der Waals surface area contributed by atoms with Crippen molar-refractivity contribution in [1.82, 2.24) is 9.97 Å². The molecule has 1 amide bonds. The van der Waals surface area contributed by atoms with Gasteiger partial charge in [-0.25, -0.2) is 9.97 Å². The first-order valence-corrected chi connectivity index (χ1v) is 8.24. The summed E-state index contributed by atoms with van der Waals surface area (Å²) >= 11 is 7.49. The van der Waals surface area contributed by atoms with Gasteiger partial charge in [0.25, 0.3) is 5.91 Å². The Morgan fingerprint density at radius 1 is 1.22 bits per heavy atom. The highest BCUT2D eigenvalue weighted by atomic mass is 35.5. The molecule has 1 aromatic carbocycles. The molecule has 23 heavy (non-hydrogen) atoms. The Morgan fingerprint density at radius 2 is 2.00 bits per heavy atom. The molecule has 5 nitrogen and oxygen atoms in total. The third kappa shape index (κ3) is 2.40. The molecule has 0 N–H and O–H groups in total. The monoisotopic (exact) mass is 342 g/mol. The number of hydrogen-bond acceptors (Lipinski definition) is 5. The molecule has 0 aliphatic carbocycles. The highest BCUT2D eigenvalue weighted by molar-refractivity contribution is 7.17. The summed E-state index contributed by atoms with van der Waals surface area (Å²) in [5.74, 6) is 0.457. The fraction of sp³-hybridized carbons (Fsp3) is 0.125. The average molecular weight is 343 g/mol. The first-order chi connectivity index (χ1) is 11.1. The standard InChI is InChI=1S/C16H11ClN4OS/c1-9-6-13(22)21(20-9)15-14-12(7-23-16(14)19-8-18-15)10-2-4-11(17)5-3-10/h2-5,7-8H,6H2,1H3. The van der Waals surface area contributed by atoms with Crippen molar-refractivity contribution in [3.05, 3.63) is 41.0 Å². The topological polar surface area (TPSA) is 58.5 Å². The van der Waals surface area contributed by atoms with Crippen molar-refractivity contribution >= 4 is 50.6 Å². The fourth-order valence-corrected chi connectivity index (χ4v) is 3.62. The van der Waals surface area contributed by atoms with Gasteiger partial charge in [0, 0.05) is 21.7 Å². The predicted molar refractivity (Wildman–Crippen MR) is 93.1 cm³/mol. The van der Waals surface area contributed by atoms with Crippen LogP contribution in [0.25, 0.3) is 21.3 Å². The second-order valence-electron chi connectivity index (χ2n) is 5.25. The highest BCUT2D eigenvalue weighted by Gasteiger charge is 2.27. The summed E-state index contributed by atoms with van der Waals surface area (Å²) in [4.78, 5) is 21.6. The van der Waals surface area contributed by atoms with Crippen molar-refractivity contribution < 1.29 is 4.79 Å². The number of carbonyl (C=O) groups is 1. The first-order valence-electron chi connectivity index (χ1n) is 6.98. The number of aromatic nitrogens is 2. The van der Waals surface area contributed by atoms with E-state index in [2.05, 4.69) is 15.1 Å². The van der Waals surface area contributed by atoms with Crippen molar-refractivity contribution in [3.8, 4) is 11.1 Å². The number of thiophene rings is 1. The molecule has 0 spiro atoms. The molecule has 114 valence electrons. The molecule has 4 rings (SSSR count). The molecule has 0 saturated heterocycles. The Balaban J connectivity index is 1.94. The SMILES string of the molecule is CC1=NN(c2ncnc3scc(-c4ccc(Cl)cc4)c23)C(=O)C1. The van der Waals surface area contributed by atoms with Gasteiger partial charge in [-0.15, -0.1) is 11.3 Å². The third-order valence-corrected chi connectivity index (χ3v) is 4.76. The Morgan fingerprint density at radius 3 is 2.70 bits per heavy atom. The van der Waals surface area contributed by atoms with E-state index in [1.807, 2.05) is 36.6 Å². The zero-order valence-electron chi connectivity index (χ0n) is 12.2. The van der Waals surface area contributed by atoms with Crippen molar-refractivity contribution in [2.75, 3.05) is 5.01 Å². The summed E-state index contributed by atoms with van der Waals surface area (Å²) in [6, 6.07) is 7.57. The average Bonchev–Trinajstić information content (AvgIpc) is 3.11. The van der Waals surface area contributed by atoms with E-state index in [0.29, 0.717) is 17.3 Å². The second kappa shape index (κ2) is 5.40. The van der Waals surface area contributed by atoms with Gasteiger partial charge in [0.05, 0.1) is 11.8 Å². The molecule has 7 heteroatoms. The minimum absolute atomic E-state index is 0.0734. The fourth-order valence-electron chi connectivity index (χ4n) is 2.58. The Hall–Kier alpha value is -2.31. The number of nitrogens with zero attached hydrogens (tertiary/aromatic N) is 4. The van der Waals surface area contributed by atoms with Crippen molar-refractivity contribution in [3.63, 3.8) is 0 Å². The van der Waals surface area contributed by atoms with Gasteiger partial charge in [0.1, 0.15) is 11.2 Å². The van der Waals surface area contributed by atoms with Crippen LogP contribution in [0.4, 0.5) is 5.82 Å². The van der Waals surface area contributed by atoms with Gasteiger partial charge >= 0.3 is 0 Å². The number of rotatable bonds is 2. The normalized spacial score (nSPS) is 14.6. The van der Waals surface area contributed by atoms with Crippen molar-refractivity contribution in [2.24, 2.45) is 5.10 Å². The van der Waals surface area contributed by atoms with E-state index in [-0.39, 0.29) is 5.91 Å². The van der Waals surface area contributed by atoms with Crippen LogP contribution in [0, 0.1) is 0 Å². The molecule has 1 aliphatic heterocycles. The molecule has 0 fully saturated rings. The van der Waals surface area contributed by atoms with Gasteiger partial charge in [0.15, 0.2) is 5.82 Å². The molecule has 2 aromatic heterocycles. The summed E-state index contributed by atoms with van der Waals surface area (Å²) in [6.45, 7) is 1.84. The van der Waals surface area contributed by atoms with E-state index in [0.717, 1.165) is 27.1 Å². The zero-order valence-corrected chi connectivity index (χ0v) is 13.7. The van der Waals surface area contributed by atoms with Gasteiger partial charge in [-0.3, -0.25) is 4.79 Å². The van der Waals surface area contributed by atoms with Crippen LogP contribution in [0.15, 0.2) is 41.1 Å². The van der Waals surface area contributed by atoms with Gasteiger partial charge in [-0.1, -0.05) is 23.7 Å². The lowest BCUT2D eigenvalue weighted by molar-refractivity contribution is -0.116. The van der Waals surface area contributed by atoms with E-state index in [1.54, 1.807) is 0 Å². The van der Waals surface area contributed by atoms with Gasteiger partial charge in [-0.2, -0.15) is 10.1 Å². The third-order valence-electron chi connectivity index (χ3n) is 3.62. The van der Waals surface area contributed by atoms with E-state index in [4.69, 9.17) is 11.6 Å². The first kappa shape index (κ1) is 14.3. The second-order valence-corrected chi connectivity index (χ2v) is 6.55. The maximum atomic E-state index is 12.2. The van der Waals surface area contributed by atoms with Gasteiger partial charge in [-0.05, 0) is 24.6 Å². The van der Waals surface area contributed by atoms with Crippen LogP contribution in [0.5, 0.6) is 0 Å². The maximum Gasteiger partial charge on any atom is 0.254 e. The molecule has 3 heterocycles. The Bertz CT molecular complexity index is 948. The number of benzene rings is 1. The molecule has 0 unspecified atom stereocenters. The van der Waals surface area contributed by atoms with Crippen LogP contribution in [-0.4, -0.2) is 21.6 Å². The van der Waals surface area contributed by atoms with Crippen molar-refractivity contribution in [2.45, 2.75) is 13.3 Å². The summed E-state index contributed by atoms with van der Waals surface area (Å²) in [6.07, 6.45) is 1.79. The molecule has 3 aromatic rings. The largest absolute Gasteiger partial charge is 0.272 e. The van der Waals surface area contributed by atoms with Crippen LogP contribution >= 0.6 is 22.9 Å². The Kier molecular flexibility index (Phi) is 3.36. The van der Waals surface area contributed by atoms with Crippen LogP contribution in [0.1, 0.15) is 13.3 Å². The van der Waals surface area contributed by atoms with Crippen LogP contribution in [-0.2, 0) is 4.79 Å². The quantitative estimate of drug-likeness (QED) is 0.703. The molecule has 0 atom stereocenters. The lowest BCUT2D eigenvalue weighted by Gasteiger charge is -2.12. The molecule has 1 aliphatic rings. The van der Waals surface area contributed by atoms with Crippen molar-refractivity contribution in [1.29, 1.82) is 0 Å². The Labute approximate surface area is 141 Å². The number of amides is 1. The van der Waals surface area contributed by atoms with E-state index in [1.165, 1.54) is 22.7 Å². The molecule has 0 bridgehead atoms. The number of carbonyl (C=O) groups excluding carboxylic acids is 1. The van der Waals surface area contributed by atoms with E-state index < -0.39 is 0 Å². The van der Waals surface area contributed by atoms with Crippen LogP contribution in [0.3, 0.4) is 0 Å². The highest BCUT2D eigenvalue weighted by Crippen LogP contribution is 2.38. The molecule has 0 saturated carbocycles. The molecular formula is C16H11ClN4OS. The number of halogens is 1. The summed E-state index contributed by atoms with van der Waals surface area (Å²) in [5.41, 5.74) is 2.76. The summed E-state index contributed by atoms with van der Waals surface area (Å²) in [5, 5.41) is 9.23. The van der Waals surface area contributed by atoms with Crippen LogP contribution < -0.4 is 5.01 Å². The number of anilines is 1. The minimum Gasteiger partial charge on any atom is -0.272 e. The zero-order chi connectivity index (χ0) is 16.0. The van der Waals surface area contributed by atoms with E-state index >= 15 is 0 Å². The lowest BCUT2D eigenvalue weighted by atomic mass is 10.1. The minimum atomic E-state index is -0.0734. The summed E-state index contributed by atoms with van der Waals surface area (Å²) < 4.78 is 0. The number of hydrazone groups is 1. The lowest BCUT2D eigenvalue weighted by Crippen LogP contribution is -2.21. The molecule has 0 radical (unpaired) electrons. The number of hydrogen-bond donors (Lipinski definition) is 0.